The van der Waals surface area contributed by atoms with E-state index in [0.717, 1.165) is 17.1 Å². The third-order valence-electron chi connectivity index (χ3n) is 6.02. The van der Waals surface area contributed by atoms with E-state index in [9.17, 15) is 9.59 Å². The first-order valence-electron chi connectivity index (χ1n) is 10.3. The second kappa shape index (κ2) is 7.37. The van der Waals surface area contributed by atoms with Crippen LogP contribution in [0.2, 0.25) is 0 Å². The molecule has 2 amide bonds. The van der Waals surface area contributed by atoms with Gasteiger partial charge in [-0.2, -0.15) is 0 Å². The second-order valence-electron chi connectivity index (χ2n) is 8.61. The molecule has 2 aromatic rings. The van der Waals surface area contributed by atoms with E-state index in [4.69, 9.17) is 18.9 Å². The molecule has 1 saturated heterocycles. The van der Waals surface area contributed by atoms with Crippen LogP contribution in [0.15, 0.2) is 36.4 Å². The van der Waals surface area contributed by atoms with E-state index in [-0.39, 0.29) is 37.2 Å². The minimum atomic E-state index is -0.398. The molecule has 1 unspecified atom stereocenters. The predicted octanol–water partition coefficient (Wildman–Crippen LogP) is 2.59. The molecule has 1 N–H and O–H groups in total. The Hall–Kier alpha value is -3.42. The molecular weight excluding hydrogens is 400 g/mol. The molecule has 3 aliphatic rings. The molecule has 31 heavy (non-hydrogen) atoms. The Balaban J connectivity index is 1.22. The summed E-state index contributed by atoms with van der Waals surface area (Å²) in [5.41, 5.74) is 1.45. The monoisotopic (exact) mass is 424 g/mol. The molecule has 1 atom stereocenters. The lowest BCUT2D eigenvalue weighted by Crippen LogP contribution is -2.40. The summed E-state index contributed by atoms with van der Waals surface area (Å²) in [6.45, 7) is 5.31. The fourth-order valence-corrected chi connectivity index (χ4v) is 4.06. The Labute approximate surface area is 180 Å². The van der Waals surface area contributed by atoms with Crippen molar-refractivity contribution >= 4 is 17.5 Å². The topological polar surface area (TPSA) is 86.3 Å². The van der Waals surface area contributed by atoms with Crippen LogP contribution in [-0.4, -0.2) is 38.5 Å². The van der Waals surface area contributed by atoms with Gasteiger partial charge >= 0.3 is 0 Å². The summed E-state index contributed by atoms with van der Waals surface area (Å²) in [4.78, 5) is 27.0. The van der Waals surface area contributed by atoms with Gasteiger partial charge in [0.1, 0.15) is 0 Å². The fourth-order valence-electron chi connectivity index (χ4n) is 4.06. The molecule has 3 aliphatic heterocycles. The number of anilines is 1. The summed E-state index contributed by atoms with van der Waals surface area (Å²) in [5, 5.41) is 3.03. The first-order chi connectivity index (χ1) is 14.9. The predicted molar refractivity (Wildman–Crippen MR) is 112 cm³/mol. The van der Waals surface area contributed by atoms with E-state index in [1.165, 1.54) is 0 Å². The molecule has 3 heterocycles. The summed E-state index contributed by atoms with van der Waals surface area (Å²) in [5.74, 6) is 2.14. The van der Waals surface area contributed by atoms with Crippen molar-refractivity contribution in [3.63, 3.8) is 0 Å². The molecule has 8 nitrogen and oxygen atoms in total. The Morgan fingerprint density at radius 3 is 2.39 bits per heavy atom. The second-order valence-corrected chi connectivity index (χ2v) is 8.61. The number of benzene rings is 2. The molecule has 0 aromatic heterocycles. The van der Waals surface area contributed by atoms with Crippen molar-refractivity contribution in [1.82, 2.24) is 5.32 Å². The lowest BCUT2D eigenvalue weighted by atomic mass is 9.84. The van der Waals surface area contributed by atoms with Crippen molar-refractivity contribution in [2.24, 2.45) is 5.92 Å². The Morgan fingerprint density at radius 1 is 1.00 bits per heavy atom. The van der Waals surface area contributed by atoms with Gasteiger partial charge in [0.25, 0.3) is 0 Å². The summed E-state index contributed by atoms with van der Waals surface area (Å²) < 4.78 is 21.6. The van der Waals surface area contributed by atoms with Crippen LogP contribution in [0.25, 0.3) is 0 Å². The zero-order chi connectivity index (χ0) is 21.6. The van der Waals surface area contributed by atoms with E-state index < -0.39 is 5.92 Å². The number of nitrogens with zero attached hydrogens (tertiary/aromatic N) is 1. The van der Waals surface area contributed by atoms with Crippen molar-refractivity contribution < 1.29 is 28.5 Å². The quantitative estimate of drug-likeness (QED) is 0.794. The molecule has 162 valence electrons. The van der Waals surface area contributed by atoms with Crippen molar-refractivity contribution in [2.75, 3.05) is 31.6 Å². The number of rotatable bonds is 5. The highest BCUT2D eigenvalue weighted by atomic mass is 16.7. The standard InChI is InChI=1S/C23H24N2O6/c1-23(2,15-3-5-17-19(8-15)30-12-28-17)11-24-22(27)14-7-21(26)25(10-14)16-4-6-18-20(9-16)31-13-29-18/h3-6,8-9,14H,7,10-13H2,1-2H3,(H,24,27). The first kappa shape index (κ1) is 19.5. The summed E-state index contributed by atoms with van der Waals surface area (Å²) >= 11 is 0. The van der Waals surface area contributed by atoms with Crippen LogP contribution >= 0.6 is 0 Å². The molecule has 0 aliphatic carbocycles. The van der Waals surface area contributed by atoms with Gasteiger partial charge in [-0.15, -0.1) is 0 Å². The molecule has 0 bridgehead atoms. The minimum Gasteiger partial charge on any atom is -0.454 e. The van der Waals surface area contributed by atoms with Crippen LogP contribution in [0, 0.1) is 5.92 Å². The Kier molecular flexibility index (Phi) is 4.64. The maximum Gasteiger partial charge on any atom is 0.231 e. The maximum absolute atomic E-state index is 12.8. The van der Waals surface area contributed by atoms with Crippen molar-refractivity contribution in [3.05, 3.63) is 42.0 Å². The van der Waals surface area contributed by atoms with Gasteiger partial charge in [0.15, 0.2) is 23.0 Å². The lowest BCUT2D eigenvalue weighted by molar-refractivity contribution is -0.126. The molecule has 2 aromatic carbocycles. The van der Waals surface area contributed by atoms with Gasteiger partial charge in [-0.25, -0.2) is 0 Å². The van der Waals surface area contributed by atoms with E-state index in [1.54, 1.807) is 17.0 Å². The molecule has 0 radical (unpaired) electrons. The van der Waals surface area contributed by atoms with E-state index >= 15 is 0 Å². The number of hydrogen-bond acceptors (Lipinski definition) is 6. The largest absolute Gasteiger partial charge is 0.454 e. The smallest absolute Gasteiger partial charge is 0.231 e. The van der Waals surface area contributed by atoms with Crippen LogP contribution in [0.3, 0.4) is 0 Å². The van der Waals surface area contributed by atoms with E-state index in [2.05, 4.69) is 19.2 Å². The zero-order valence-corrected chi connectivity index (χ0v) is 17.5. The zero-order valence-electron chi connectivity index (χ0n) is 17.5. The first-order valence-corrected chi connectivity index (χ1v) is 10.3. The summed E-state index contributed by atoms with van der Waals surface area (Å²) in [6.07, 6.45) is 0.185. The van der Waals surface area contributed by atoms with Crippen molar-refractivity contribution in [2.45, 2.75) is 25.7 Å². The SMILES string of the molecule is CC(C)(CNC(=O)C1CC(=O)N(c2ccc3c(c2)OCO3)C1)c1ccc2c(c1)OCO2. The molecule has 0 saturated carbocycles. The molecular formula is C23H24N2O6. The molecule has 8 heteroatoms. The van der Waals surface area contributed by atoms with Crippen LogP contribution in [0.5, 0.6) is 23.0 Å². The van der Waals surface area contributed by atoms with Gasteiger partial charge in [-0.3, -0.25) is 9.59 Å². The van der Waals surface area contributed by atoms with Crippen LogP contribution < -0.4 is 29.2 Å². The number of carbonyl (C=O) groups is 2. The average Bonchev–Trinajstić information content (AvgIpc) is 3.49. The van der Waals surface area contributed by atoms with Gasteiger partial charge in [0.2, 0.25) is 25.4 Å². The van der Waals surface area contributed by atoms with Gasteiger partial charge < -0.3 is 29.2 Å². The summed E-state index contributed by atoms with van der Waals surface area (Å²) in [6, 6.07) is 11.2. The average molecular weight is 424 g/mol. The van der Waals surface area contributed by atoms with Crippen LogP contribution in [-0.2, 0) is 15.0 Å². The molecule has 1 fully saturated rings. The lowest BCUT2D eigenvalue weighted by Gasteiger charge is -2.26. The number of carbonyl (C=O) groups excluding carboxylic acids is 2. The van der Waals surface area contributed by atoms with Crippen LogP contribution in [0.1, 0.15) is 25.8 Å². The number of hydrogen-bond donors (Lipinski definition) is 1. The molecule has 5 rings (SSSR count). The number of ether oxygens (including phenoxy) is 4. The Morgan fingerprint density at radius 2 is 1.65 bits per heavy atom. The number of amides is 2. The fraction of sp³-hybridized carbons (Fsp3) is 0.391. The van der Waals surface area contributed by atoms with E-state index in [1.807, 2.05) is 24.3 Å². The van der Waals surface area contributed by atoms with Gasteiger partial charge in [-0.1, -0.05) is 19.9 Å². The van der Waals surface area contributed by atoms with E-state index in [0.29, 0.717) is 30.3 Å². The van der Waals surface area contributed by atoms with Gasteiger partial charge in [0.05, 0.1) is 5.92 Å². The number of fused-ring (bicyclic) bond motifs is 2. The highest BCUT2D eigenvalue weighted by Gasteiger charge is 2.36. The summed E-state index contributed by atoms with van der Waals surface area (Å²) in [7, 11) is 0. The molecule has 0 spiro atoms. The maximum atomic E-state index is 12.8. The minimum absolute atomic E-state index is 0.0750. The Bertz CT molecular complexity index is 1050. The highest BCUT2D eigenvalue weighted by molar-refractivity contribution is 6.00. The third kappa shape index (κ3) is 3.62. The highest BCUT2D eigenvalue weighted by Crippen LogP contribution is 2.38. The third-order valence-corrected chi connectivity index (χ3v) is 6.02. The van der Waals surface area contributed by atoms with Crippen LogP contribution in [0.4, 0.5) is 5.69 Å². The van der Waals surface area contributed by atoms with Crippen molar-refractivity contribution in [3.8, 4) is 23.0 Å². The van der Waals surface area contributed by atoms with Crippen molar-refractivity contribution in [1.29, 1.82) is 0 Å². The normalized spacial score (nSPS) is 19.1. The van der Waals surface area contributed by atoms with Gasteiger partial charge in [0, 0.05) is 36.7 Å². The van der Waals surface area contributed by atoms with Gasteiger partial charge in [-0.05, 0) is 29.8 Å². The number of nitrogens with one attached hydrogen (secondary N) is 1.